The minimum atomic E-state index is -3.19. The van der Waals surface area contributed by atoms with Gasteiger partial charge in [0.15, 0.2) is 0 Å². The standard InChI is InChI=1S/C19H20F2N8O/c1-11(30)26-16-7-14(27-15-5-6-22-18(28-15)19(2,20)21)12(9-23-16)13-8-17(29(3)4)25-10-24-13/h5-10H,1-4H3,(H2,22,23,26,27,28,30). The smallest absolute Gasteiger partial charge is 0.303 e. The largest absolute Gasteiger partial charge is 0.363 e. The van der Waals surface area contributed by atoms with Crippen molar-refractivity contribution in [3.8, 4) is 11.3 Å². The van der Waals surface area contributed by atoms with Gasteiger partial charge in [-0.2, -0.15) is 8.78 Å². The third kappa shape index (κ3) is 4.99. The molecule has 2 N–H and O–H groups in total. The van der Waals surface area contributed by atoms with E-state index in [-0.39, 0.29) is 17.5 Å². The first-order chi connectivity index (χ1) is 14.1. The number of nitrogens with zero attached hydrogens (tertiary/aromatic N) is 6. The highest BCUT2D eigenvalue weighted by atomic mass is 19.3. The zero-order valence-electron chi connectivity index (χ0n) is 16.8. The summed E-state index contributed by atoms with van der Waals surface area (Å²) in [4.78, 5) is 33.4. The molecular weight excluding hydrogens is 394 g/mol. The molecule has 0 aliphatic rings. The summed E-state index contributed by atoms with van der Waals surface area (Å²) in [7, 11) is 3.69. The lowest BCUT2D eigenvalue weighted by molar-refractivity contribution is -0.114. The van der Waals surface area contributed by atoms with Gasteiger partial charge in [-0.15, -0.1) is 0 Å². The number of pyridine rings is 1. The fourth-order valence-corrected chi connectivity index (χ4v) is 2.53. The van der Waals surface area contributed by atoms with E-state index in [1.54, 1.807) is 12.1 Å². The van der Waals surface area contributed by atoms with Crippen LogP contribution in [-0.4, -0.2) is 44.9 Å². The maximum atomic E-state index is 13.6. The molecule has 0 saturated carbocycles. The highest BCUT2D eigenvalue weighted by Gasteiger charge is 2.28. The quantitative estimate of drug-likeness (QED) is 0.633. The van der Waals surface area contributed by atoms with Gasteiger partial charge in [0.1, 0.15) is 23.8 Å². The molecule has 1 amide bonds. The average molecular weight is 414 g/mol. The second-order valence-corrected chi connectivity index (χ2v) is 6.73. The summed E-state index contributed by atoms with van der Waals surface area (Å²) in [6.45, 7) is 2.08. The lowest BCUT2D eigenvalue weighted by Gasteiger charge is -2.16. The van der Waals surface area contributed by atoms with Gasteiger partial charge in [-0.3, -0.25) is 4.79 Å². The van der Waals surface area contributed by atoms with Gasteiger partial charge < -0.3 is 15.5 Å². The lowest BCUT2D eigenvalue weighted by atomic mass is 10.1. The molecule has 0 atom stereocenters. The van der Waals surface area contributed by atoms with Crippen LogP contribution in [0.5, 0.6) is 0 Å². The van der Waals surface area contributed by atoms with Crippen LogP contribution in [0.2, 0.25) is 0 Å². The first-order valence-electron chi connectivity index (χ1n) is 8.89. The highest BCUT2D eigenvalue weighted by molar-refractivity contribution is 5.89. The van der Waals surface area contributed by atoms with Crippen molar-refractivity contribution in [1.29, 1.82) is 0 Å². The molecular formula is C19H20F2N8O. The first-order valence-corrected chi connectivity index (χ1v) is 8.89. The van der Waals surface area contributed by atoms with Crippen molar-refractivity contribution in [2.75, 3.05) is 29.6 Å². The molecule has 3 aromatic heterocycles. The zero-order chi connectivity index (χ0) is 21.9. The summed E-state index contributed by atoms with van der Waals surface area (Å²) in [5.41, 5.74) is 1.58. The van der Waals surface area contributed by atoms with Gasteiger partial charge in [0.2, 0.25) is 11.7 Å². The van der Waals surface area contributed by atoms with Gasteiger partial charge in [0.05, 0.1) is 11.4 Å². The number of amides is 1. The number of carbonyl (C=O) groups is 1. The number of aromatic nitrogens is 5. The first kappa shape index (κ1) is 21.0. The monoisotopic (exact) mass is 414 g/mol. The van der Waals surface area contributed by atoms with Gasteiger partial charge in [-0.1, -0.05) is 0 Å². The third-order valence-corrected chi connectivity index (χ3v) is 3.91. The summed E-state index contributed by atoms with van der Waals surface area (Å²) in [6.07, 6.45) is 4.18. The second kappa shape index (κ2) is 8.31. The van der Waals surface area contributed by atoms with Crippen molar-refractivity contribution in [3.63, 3.8) is 0 Å². The van der Waals surface area contributed by atoms with E-state index in [0.717, 1.165) is 6.92 Å². The molecule has 9 nitrogen and oxygen atoms in total. The van der Waals surface area contributed by atoms with Crippen molar-refractivity contribution in [2.45, 2.75) is 19.8 Å². The maximum Gasteiger partial charge on any atom is 0.303 e. The molecule has 11 heteroatoms. The molecule has 0 radical (unpaired) electrons. The number of rotatable bonds is 6. The molecule has 0 fully saturated rings. The Morgan fingerprint density at radius 2 is 1.87 bits per heavy atom. The summed E-state index contributed by atoms with van der Waals surface area (Å²) in [5, 5.41) is 5.59. The number of halogens is 2. The number of hydrogen-bond acceptors (Lipinski definition) is 8. The van der Waals surface area contributed by atoms with E-state index in [0.29, 0.717) is 22.8 Å². The third-order valence-electron chi connectivity index (χ3n) is 3.91. The normalized spacial score (nSPS) is 11.1. The predicted molar refractivity (Wildman–Crippen MR) is 109 cm³/mol. The van der Waals surface area contributed by atoms with Crippen LogP contribution in [0.15, 0.2) is 36.9 Å². The summed E-state index contributed by atoms with van der Waals surface area (Å²) in [6, 6.07) is 4.79. The van der Waals surface area contributed by atoms with Crippen LogP contribution in [0.3, 0.4) is 0 Å². The Morgan fingerprint density at radius 3 is 2.53 bits per heavy atom. The van der Waals surface area contributed by atoms with Crippen LogP contribution in [0, 0.1) is 0 Å². The molecule has 0 aliphatic heterocycles. The van der Waals surface area contributed by atoms with Gasteiger partial charge in [-0.05, 0) is 6.07 Å². The van der Waals surface area contributed by atoms with Crippen molar-refractivity contribution >= 4 is 29.0 Å². The number of anilines is 4. The molecule has 0 aromatic carbocycles. The Bertz CT molecular complexity index is 1070. The predicted octanol–water partition coefficient (Wildman–Crippen LogP) is 3.21. The Balaban J connectivity index is 2.07. The fourth-order valence-electron chi connectivity index (χ4n) is 2.53. The molecule has 0 saturated heterocycles. The maximum absolute atomic E-state index is 13.6. The lowest BCUT2D eigenvalue weighted by Crippen LogP contribution is -2.13. The Kier molecular flexibility index (Phi) is 5.81. The zero-order valence-corrected chi connectivity index (χ0v) is 16.8. The van der Waals surface area contributed by atoms with Crippen LogP contribution < -0.4 is 15.5 Å². The Hall–Kier alpha value is -3.76. The van der Waals surface area contributed by atoms with E-state index >= 15 is 0 Å². The summed E-state index contributed by atoms with van der Waals surface area (Å²) < 4.78 is 27.2. The Morgan fingerprint density at radius 1 is 1.10 bits per heavy atom. The van der Waals surface area contributed by atoms with Crippen LogP contribution >= 0.6 is 0 Å². The van der Waals surface area contributed by atoms with E-state index in [4.69, 9.17) is 0 Å². The average Bonchev–Trinajstić information content (AvgIpc) is 2.67. The molecule has 0 bridgehead atoms. The SMILES string of the molecule is CC(=O)Nc1cc(Nc2ccnc(C(C)(F)F)n2)c(-c2cc(N(C)C)ncn2)cn1. The molecule has 3 aromatic rings. The molecule has 156 valence electrons. The summed E-state index contributed by atoms with van der Waals surface area (Å²) >= 11 is 0. The van der Waals surface area contributed by atoms with Crippen LogP contribution in [-0.2, 0) is 10.7 Å². The summed E-state index contributed by atoms with van der Waals surface area (Å²) in [5.74, 6) is -2.98. The highest BCUT2D eigenvalue weighted by Crippen LogP contribution is 2.32. The molecule has 30 heavy (non-hydrogen) atoms. The Labute approximate surface area is 171 Å². The van der Waals surface area contributed by atoms with Gasteiger partial charge in [-0.25, -0.2) is 24.9 Å². The van der Waals surface area contributed by atoms with Gasteiger partial charge >= 0.3 is 5.92 Å². The number of alkyl halides is 2. The minimum Gasteiger partial charge on any atom is -0.363 e. The van der Waals surface area contributed by atoms with Crippen molar-refractivity contribution in [2.24, 2.45) is 0 Å². The van der Waals surface area contributed by atoms with E-state index in [9.17, 15) is 13.6 Å². The molecule has 3 heterocycles. The topological polar surface area (TPSA) is 109 Å². The van der Waals surface area contributed by atoms with E-state index < -0.39 is 11.7 Å². The van der Waals surface area contributed by atoms with Crippen molar-refractivity contribution in [1.82, 2.24) is 24.9 Å². The van der Waals surface area contributed by atoms with Crippen LogP contribution in [0.1, 0.15) is 19.7 Å². The number of carbonyl (C=O) groups excluding carboxylic acids is 1. The second-order valence-electron chi connectivity index (χ2n) is 6.73. The minimum absolute atomic E-state index is 0.157. The van der Waals surface area contributed by atoms with Crippen molar-refractivity contribution < 1.29 is 13.6 Å². The van der Waals surface area contributed by atoms with E-state index in [2.05, 4.69) is 35.6 Å². The van der Waals surface area contributed by atoms with Gasteiger partial charge in [0, 0.05) is 58.0 Å². The van der Waals surface area contributed by atoms with Crippen LogP contribution in [0.4, 0.5) is 31.9 Å². The number of hydrogen-bond donors (Lipinski definition) is 2. The van der Waals surface area contributed by atoms with Crippen molar-refractivity contribution in [3.05, 3.63) is 42.7 Å². The van der Waals surface area contributed by atoms with E-state index in [1.807, 2.05) is 19.0 Å². The molecule has 0 spiro atoms. The fraction of sp³-hybridized carbons (Fsp3) is 0.263. The van der Waals surface area contributed by atoms with Crippen LogP contribution in [0.25, 0.3) is 11.3 Å². The molecule has 0 aliphatic carbocycles. The van der Waals surface area contributed by atoms with Gasteiger partial charge in [0.25, 0.3) is 0 Å². The number of nitrogens with one attached hydrogen (secondary N) is 2. The molecule has 3 rings (SSSR count). The van der Waals surface area contributed by atoms with E-state index in [1.165, 1.54) is 31.7 Å². The molecule has 0 unspecified atom stereocenters.